The maximum atomic E-state index is 12.8. The third-order valence-electron chi connectivity index (χ3n) is 4.85. The first kappa shape index (κ1) is 19.4. The molecule has 2 atom stereocenters. The first-order chi connectivity index (χ1) is 12.8. The van der Waals surface area contributed by atoms with E-state index < -0.39 is 0 Å². The Morgan fingerprint density at radius 2 is 2.11 bits per heavy atom. The van der Waals surface area contributed by atoms with Gasteiger partial charge in [-0.2, -0.15) is 5.10 Å². The Bertz CT molecular complexity index is 801. The van der Waals surface area contributed by atoms with Gasteiger partial charge in [-0.3, -0.25) is 4.90 Å². The lowest BCUT2D eigenvalue weighted by Crippen LogP contribution is -2.56. The smallest absolute Gasteiger partial charge is 0.322 e. The van der Waals surface area contributed by atoms with Crippen molar-refractivity contribution < 1.29 is 9.90 Å². The summed E-state index contributed by atoms with van der Waals surface area (Å²) >= 11 is 0. The highest BCUT2D eigenvalue weighted by atomic mass is 16.3. The SMILES string of the molecule is Cc1cc(C)n(-c2cccc(NC(=O)N3CCN(C[C@H](C)O)C[C@@H]3C)c2)n1. The number of rotatable bonds is 4. The normalized spacial score (nSPS) is 19.1. The third kappa shape index (κ3) is 4.67. The molecule has 0 bridgehead atoms. The van der Waals surface area contributed by atoms with Crippen LogP contribution in [0.25, 0.3) is 5.69 Å². The molecule has 2 heterocycles. The van der Waals surface area contributed by atoms with Crippen LogP contribution in [0.4, 0.5) is 10.5 Å². The van der Waals surface area contributed by atoms with Gasteiger partial charge < -0.3 is 15.3 Å². The van der Waals surface area contributed by atoms with Crippen LogP contribution in [0.2, 0.25) is 0 Å². The van der Waals surface area contributed by atoms with E-state index in [1.54, 1.807) is 6.92 Å². The number of benzene rings is 1. The molecule has 146 valence electrons. The molecule has 1 saturated heterocycles. The fraction of sp³-hybridized carbons (Fsp3) is 0.500. The minimum absolute atomic E-state index is 0.0929. The maximum absolute atomic E-state index is 12.8. The molecule has 27 heavy (non-hydrogen) atoms. The predicted octanol–water partition coefficient (Wildman–Crippen LogP) is 2.41. The number of β-amino-alcohol motifs (C(OH)–C–C–N with tert-alkyl or cyclic N) is 1. The number of aliphatic hydroxyl groups is 1. The number of hydrogen-bond acceptors (Lipinski definition) is 4. The Labute approximate surface area is 160 Å². The van der Waals surface area contributed by atoms with Crippen molar-refractivity contribution in [1.29, 1.82) is 0 Å². The van der Waals surface area contributed by atoms with Gasteiger partial charge in [0.15, 0.2) is 0 Å². The molecule has 1 aliphatic rings. The van der Waals surface area contributed by atoms with E-state index in [9.17, 15) is 9.90 Å². The fourth-order valence-electron chi connectivity index (χ4n) is 3.68. The van der Waals surface area contributed by atoms with Crippen molar-refractivity contribution in [3.05, 3.63) is 41.7 Å². The number of anilines is 1. The van der Waals surface area contributed by atoms with E-state index in [1.165, 1.54) is 0 Å². The molecule has 2 amide bonds. The van der Waals surface area contributed by atoms with E-state index >= 15 is 0 Å². The molecule has 0 radical (unpaired) electrons. The molecule has 1 fully saturated rings. The van der Waals surface area contributed by atoms with Gasteiger partial charge in [-0.25, -0.2) is 9.48 Å². The van der Waals surface area contributed by atoms with E-state index in [0.717, 1.165) is 35.9 Å². The Balaban J connectivity index is 1.66. The quantitative estimate of drug-likeness (QED) is 0.866. The van der Waals surface area contributed by atoms with Crippen LogP contribution in [-0.2, 0) is 0 Å². The van der Waals surface area contributed by atoms with Crippen molar-refractivity contribution in [2.24, 2.45) is 0 Å². The number of piperazine rings is 1. The molecule has 3 rings (SSSR count). The second-order valence-corrected chi connectivity index (χ2v) is 7.47. The van der Waals surface area contributed by atoms with Crippen molar-refractivity contribution in [2.45, 2.75) is 39.8 Å². The van der Waals surface area contributed by atoms with Crippen LogP contribution >= 0.6 is 0 Å². The molecule has 1 aromatic carbocycles. The summed E-state index contributed by atoms with van der Waals surface area (Å²) in [5.41, 5.74) is 3.70. The summed E-state index contributed by atoms with van der Waals surface area (Å²) in [7, 11) is 0. The lowest BCUT2D eigenvalue weighted by atomic mass is 10.2. The molecule has 0 saturated carbocycles. The Hall–Kier alpha value is -2.38. The zero-order valence-corrected chi connectivity index (χ0v) is 16.5. The van der Waals surface area contributed by atoms with Crippen LogP contribution in [0, 0.1) is 13.8 Å². The molecule has 1 aliphatic heterocycles. The van der Waals surface area contributed by atoms with Gasteiger partial charge in [-0.1, -0.05) is 6.07 Å². The van der Waals surface area contributed by atoms with Crippen molar-refractivity contribution in [3.8, 4) is 5.69 Å². The zero-order valence-electron chi connectivity index (χ0n) is 16.5. The van der Waals surface area contributed by atoms with Crippen molar-refractivity contribution >= 4 is 11.7 Å². The van der Waals surface area contributed by atoms with E-state index in [1.807, 2.05) is 60.7 Å². The highest BCUT2D eigenvalue weighted by Gasteiger charge is 2.27. The summed E-state index contributed by atoms with van der Waals surface area (Å²) in [5, 5.41) is 17.1. The molecular weight excluding hydrogens is 342 g/mol. The highest BCUT2D eigenvalue weighted by Crippen LogP contribution is 2.18. The van der Waals surface area contributed by atoms with Gasteiger partial charge in [0.2, 0.25) is 0 Å². The van der Waals surface area contributed by atoms with Crippen molar-refractivity contribution in [1.82, 2.24) is 19.6 Å². The average Bonchev–Trinajstić information content (AvgIpc) is 2.93. The predicted molar refractivity (Wildman–Crippen MR) is 106 cm³/mol. The van der Waals surface area contributed by atoms with Gasteiger partial charge in [0.25, 0.3) is 0 Å². The minimum Gasteiger partial charge on any atom is -0.392 e. The number of nitrogens with zero attached hydrogens (tertiary/aromatic N) is 4. The second kappa shape index (κ2) is 8.10. The molecule has 0 spiro atoms. The minimum atomic E-state index is -0.352. The van der Waals surface area contributed by atoms with Crippen LogP contribution < -0.4 is 5.32 Å². The van der Waals surface area contributed by atoms with E-state index in [2.05, 4.69) is 15.3 Å². The van der Waals surface area contributed by atoms with Gasteiger partial charge in [0.05, 0.1) is 17.5 Å². The number of aliphatic hydroxyl groups excluding tert-OH is 1. The number of carbonyl (C=O) groups is 1. The van der Waals surface area contributed by atoms with Crippen LogP contribution in [0.15, 0.2) is 30.3 Å². The van der Waals surface area contributed by atoms with E-state index in [0.29, 0.717) is 13.1 Å². The third-order valence-corrected chi connectivity index (χ3v) is 4.85. The summed E-state index contributed by atoms with van der Waals surface area (Å²) in [4.78, 5) is 16.8. The molecular formula is C20H29N5O2. The number of nitrogens with one attached hydrogen (secondary N) is 1. The topological polar surface area (TPSA) is 73.6 Å². The van der Waals surface area contributed by atoms with Gasteiger partial charge in [-0.15, -0.1) is 0 Å². The van der Waals surface area contributed by atoms with Crippen LogP contribution in [0.1, 0.15) is 25.2 Å². The average molecular weight is 371 g/mol. The summed E-state index contributed by atoms with van der Waals surface area (Å²) < 4.78 is 1.88. The monoisotopic (exact) mass is 371 g/mol. The number of carbonyl (C=O) groups excluding carboxylic acids is 1. The van der Waals surface area contributed by atoms with Crippen LogP contribution in [0.3, 0.4) is 0 Å². The largest absolute Gasteiger partial charge is 0.392 e. The molecule has 2 aromatic rings. The van der Waals surface area contributed by atoms with Gasteiger partial charge in [0.1, 0.15) is 0 Å². The summed E-state index contributed by atoms with van der Waals surface area (Å²) in [6.45, 7) is 10.6. The first-order valence-corrected chi connectivity index (χ1v) is 9.45. The van der Waals surface area contributed by atoms with Gasteiger partial charge >= 0.3 is 6.03 Å². The highest BCUT2D eigenvalue weighted by molar-refractivity contribution is 5.90. The lowest BCUT2D eigenvalue weighted by Gasteiger charge is -2.40. The van der Waals surface area contributed by atoms with Crippen LogP contribution in [0.5, 0.6) is 0 Å². The number of urea groups is 1. The number of hydrogen-bond donors (Lipinski definition) is 2. The summed E-state index contributed by atoms with van der Waals surface area (Å²) in [6.07, 6.45) is -0.352. The van der Waals surface area contributed by atoms with Crippen LogP contribution in [-0.4, -0.2) is 69.0 Å². The molecule has 0 unspecified atom stereocenters. The Kier molecular flexibility index (Phi) is 5.82. The number of aryl methyl sites for hydroxylation is 2. The Morgan fingerprint density at radius 1 is 1.33 bits per heavy atom. The number of aromatic nitrogens is 2. The standard InChI is InChI=1S/C20H29N5O2/c1-14-10-15(2)25(22-14)19-7-5-6-18(11-19)21-20(27)24-9-8-23(12-16(24)3)13-17(4)26/h5-7,10-11,16-17,26H,8-9,12-13H2,1-4H3,(H,21,27)/t16-,17-/m0/s1. The lowest BCUT2D eigenvalue weighted by molar-refractivity contribution is 0.0692. The second-order valence-electron chi connectivity index (χ2n) is 7.47. The molecule has 0 aliphatic carbocycles. The maximum Gasteiger partial charge on any atom is 0.322 e. The van der Waals surface area contributed by atoms with Gasteiger partial charge in [-0.05, 0) is 52.0 Å². The molecule has 2 N–H and O–H groups in total. The molecule has 1 aromatic heterocycles. The Morgan fingerprint density at radius 3 is 2.74 bits per heavy atom. The molecule has 7 nitrogen and oxygen atoms in total. The summed E-state index contributed by atoms with van der Waals surface area (Å²) in [5.74, 6) is 0. The fourth-order valence-corrected chi connectivity index (χ4v) is 3.68. The van der Waals surface area contributed by atoms with E-state index in [-0.39, 0.29) is 18.2 Å². The first-order valence-electron chi connectivity index (χ1n) is 9.45. The molecule has 7 heteroatoms. The zero-order chi connectivity index (χ0) is 19.6. The summed E-state index contributed by atoms with van der Waals surface area (Å²) in [6, 6.07) is 9.76. The van der Waals surface area contributed by atoms with Crippen molar-refractivity contribution in [2.75, 3.05) is 31.5 Å². The number of amides is 2. The van der Waals surface area contributed by atoms with Crippen molar-refractivity contribution in [3.63, 3.8) is 0 Å². The van der Waals surface area contributed by atoms with Gasteiger partial charge in [0, 0.05) is 43.6 Å². The van der Waals surface area contributed by atoms with E-state index in [4.69, 9.17) is 0 Å².